The summed E-state index contributed by atoms with van der Waals surface area (Å²) in [7, 11) is 0. The number of hydrogen-bond donors (Lipinski definition) is 2. The van der Waals surface area contributed by atoms with Gasteiger partial charge in [0.1, 0.15) is 13.2 Å². The molecule has 0 saturated carbocycles. The van der Waals surface area contributed by atoms with Crippen molar-refractivity contribution in [1.29, 1.82) is 0 Å². The van der Waals surface area contributed by atoms with Crippen molar-refractivity contribution in [2.75, 3.05) is 18.5 Å². The van der Waals surface area contributed by atoms with Gasteiger partial charge in [0.25, 0.3) is 0 Å². The predicted molar refractivity (Wildman–Crippen MR) is 78.6 cm³/mol. The summed E-state index contributed by atoms with van der Waals surface area (Å²) in [6.07, 6.45) is 0.773. The van der Waals surface area contributed by atoms with Gasteiger partial charge in [-0.1, -0.05) is 0 Å². The molecule has 4 rings (SSSR count). The van der Waals surface area contributed by atoms with Crippen LogP contribution in [0.15, 0.2) is 18.2 Å². The molecule has 1 aromatic carbocycles. The van der Waals surface area contributed by atoms with E-state index in [-0.39, 0.29) is 18.1 Å². The first-order valence-corrected chi connectivity index (χ1v) is 7.72. The van der Waals surface area contributed by atoms with Gasteiger partial charge in [-0.15, -0.1) is 0 Å². The van der Waals surface area contributed by atoms with Gasteiger partial charge in [0.05, 0.1) is 24.0 Å². The fourth-order valence-corrected chi connectivity index (χ4v) is 3.67. The molecule has 23 heavy (non-hydrogen) atoms. The number of carbonyl (C=O) groups is 2. The number of amides is 1. The van der Waals surface area contributed by atoms with Crippen LogP contribution in [0, 0.1) is 11.8 Å². The Hall–Kier alpha value is -2.28. The average molecular weight is 319 g/mol. The largest absolute Gasteiger partial charge is 0.486 e. The monoisotopic (exact) mass is 319 g/mol. The van der Waals surface area contributed by atoms with Crippen molar-refractivity contribution in [2.45, 2.75) is 25.0 Å². The lowest BCUT2D eigenvalue weighted by Gasteiger charge is -2.24. The van der Waals surface area contributed by atoms with Gasteiger partial charge in [-0.3, -0.25) is 9.59 Å². The molecule has 2 saturated heterocycles. The third-order valence-corrected chi connectivity index (χ3v) is 4.67. The highest BCUT2D eigenvalue weighted by atomic mass is 16.6. The molecule has 0 aliphatic carbocycles. The minimum absolute atomic E-state index is 0.307. The molecule has 2 fully saturated rings. The van der Waals surface area contributed by atoms with Crippen LogP contribution in [-0.4, -0.2) is 42.4 Å². The van der Waals surface area contributed by atoms with E-state index < -0.39 is 17.8 Å². The topological polar surface area (TPSA) is 94.1 Å². The van der Waals surface area contributed by atoms with E-state index in [1.807, 2.05) is 0 Å². The standard InChI is InChI=1S/C16H17NO6/c18-15(13-10-3-4-11(23-10)14(13)16(19)20)17-8-1-2-9-12(7-8)22-6-5-21-9/h1-2,7,10-11,13-14H,3-6H2,(H,17,18)(H,19,20). The molecule has 122 valence electrons. The molecular weight excluding hydrogens is 302 g/mol. The molecule has 7 nitrogen and oxygen atoms in total. The molecule has 4 atom stereocenters. The maximum absolute atomic E-state index is 12.6. The van der Waals surface area contributed by atoms with E-state index in [4.69, 9.17) is 14.2 Å². The van der Waals surface area contributed by atoms with Gasteiger partial charge in [-0.2, -0.15) is 0 Å². The van der Waals surface area contributed by atoms with Crippen molar-refractivity contribution < 1.29 is 28.9 Å². The van der Waals surface area contributed by atoms with Crippen molar-refractivity contribution in [1.82, 2.24) is 0 Å². The summed E-state index contributed by atoms with van der Waals surface area (Å²) in [5.74, 6) is -1.50. The van der Waals surface area contributed by atoms with Crippen molar-refractivity contribution in [3.63, 3.8) is 0 Å². The molecular formula is C16H17NO6. The molecule has 4 unspecified atom stereocenters. The second-order valence-electron chi connectivity index (χ2n) is 6.03. The number of aliphatic carboxylic acids is 1. The number of benzene rings is 1. The number of hydrogen-bond acceptors (Lipinski definition) is 5. The number of rotatable bonds is 3. The highest BCUT2D eigenvalue weighted by Gasteiger charge is 2.55. The smallest absolute Gasteiger partial charge is 0.310 e. The van der Waals surface area contributed by atoms with Gasteiger partial charge in [0, 0.05) is 11.8 Å². The van der Waals surface area contributed by atoms with E-state index >= 15 is 0 Å². The summed E-state index contributed by atoms with van der Waals surface area (Å²) in [5, 5.41) is 12.2. The molecule has 0 aromatic heterocycles. The Kier molecular flexibility index (Phi) is 3.37. The molecule has 7 heteroatoms. The number of fused-ring (bicyclic) bond motifs is 3. The highest BCUT2D eigenvalue weighted by Crippen LogP contribution is 2.44. The quantitative estimate of drug-likeness (QED) is 0.871. The van der Waals surface area contributed by atoms with Gasteiger partial charge in [-0.25, -0.2) is 0 Å². The van der Waals surface area contributed by atoms with Crippen molar-refractivity contribution in [3.8, 4) is 11.5 Å². The molecule has 3 aliphatic rings. The molecule has 3 heterocycles. The zero-order valence-corrected chi connectivity index (χ0v) is 12.4. The van der Waals surface area contributed by atoms with Crippen molar-refractivity contribution in [2.24, 2.45) is 11.8 Å². The molecule has 2 bridgehead atoms. The Labute approximate surface area is 132 Å². The van der Waals surface area contributed by atoms with Crippen molar-refractivity contribution >= 4 is 17.6 Å². The van der Waals surface area contributed by atoms with Gasteiger partial charge in [0.15, 0.2) is 11.5 Å². The molecule has 2 N–H and O–H groups in total. The van der Waals surface area contributed by atoms with Gasteiger partial charge in [-0.05, 0) is 25.0 Å². The zero-order chi connectivity index (χ0) is 16.0. The summed E-state index contributed by atoms with van der Waals surface area (Å²) in [5.41, 5.74) is 0.561. The van der Waals surface area contributed by atoms with Crippen LogP contribution in [0.5, 0.6) is 11.5 Å². The summed E-state index contributed by atoms with van der Waals surface area (Å²) in [6.45, 7) is 0.965. The second-order valence-corrected chi connectivity index (χ2v) is 6.03. The molecule has 0 radical (unpaired) electrons. The van der Waals surface area contributed by atoms with Crippen molar-refractivity contribution in [3.05, 3.63) is 18.2 Å². The Morgan fingerprint density at radius 3 is 2.48 bits per heavy atom. The lowest BCUT2D eigenvalue weighted by Crippen LogP contribution is -2.40. The molecule has 0 spiro atoms. The Morgan fingerprint density at radius 2 is 1.74 bits per heavy atom. The maximum Gasteiger partial charge on any atom is 0.310 e. The van der Waals surface area contributed by atoms with E-state index in [1.54, 1.807) is 18.2 Å². The minimum atomic E-state index is -0.973. The maximum atomic E-state index is 12.6. The van der Waals surface area contributed by atoms with E-state index in [1.165, 1.54) is 0 Å². The van der Waals surface area contributed by atoms with E-state index in [0.717, 1.165) is 6.42 Å². The lowest BCUT2D eigenvalue weighted by atomic mass is 9.78. The molecule has 1 aromatic rings. The summed E-state index contributed by atoms with van der Waals surface area (Å²) in [4.78, 5) is 24.0. The zero-order valence-electron chi connectivity index (χ0n) is 12.4. The summed E-state index contributed by atoms with van der Waals surface area (Å²) < 4.78 is 16.5. The third kappa shape index (κ3) is 2.41. The third-order valence-electron chi connectivity index (χ3n) is 4.67. The lowest BCUT2D eigenvalue weighted by molar-refractivity contribution is -0.147. The molecule has 3 aliphatic heterocycles. The van der Waals surface area contributed by atoms with Crippen LogP contribution in [0.25, 0.3) is 0 Å². The number of ether oxygens (including phenoxy) is 3. The predicted octanol–water partition coefficient (Wildman–Crippen LogP) is 1.27. The van der Waals surface area contributed by atoms with E-state index in [2.05, 4.69) is 5.32 Å². The van der Waals surface area contributed by atoms with Crippen LogP contribution in [0.4, 0.5) is 5.69 Å². The van der Waals surface area contributed by atoms with Gasteiger partial charge in [0.2, 0.25) is 5.91 Å². The first-order valence-electron chi connectivity index (χ1n) is 7.72. The fraction of sp³-hybridized carbons (Fsp3) is 0.500. The number of carbonyl (C=O) groups excluding carboxylic acids is 1. The minimum Gasteiger partial charge on any atom is -0.486 e. The van der Waals surface area contributed by atoms with E-state index in [9.17, 15) is 14.7 Å². The van der Waals surface area contributed by atoms with Crippen LogP contribution in [-0.2, 0) is 14.3 Å². The number of nitrogens with one attached hydrogen (secondary N) is 1. The normalized spacial score (nSPS) is 31.0. The summed E-state index contributed by atoms with van der Waals surface area (Å²) in [6, 6.07) is 5.14. The van der Waals surface area contributed by atoms with Crippen LogP contribution >= 0.6 is 0 Å². The number of carboxylic acid groups (broad SMARTS) is 1. The van der Waals surface area contributed by atoms with Gasteiger partial charge < -0.3 is 24.6 Å². The van der Waals surface area contributed by atoms with Crippen LogP contribution in [0.1, 0.15) is 12.8 Å². The Balaban J connectivity index is 1.52. The fourth-order valence-electron chi connectivity index (χ4n) is 3.67. The Bertz CT molecular complexity index is 660. The number of carboxylic acids is 1. The van der Waals surface area contributed by atoms with Crippen LogP contribution in [0.3, 0.4) is 0 Å². The van der Waals surface area contributed by atoms with Crippen LogP contribution in [0.2, 0.25) is 0 Å². The highest BCUT2D eigenvalue weighted by molar-refractivity contribution is 5.96. The molecule has 1 amide bonds. The SMILES string of the molecule is O=C(O)C1C2CCC(O2)C1C(=O)Nc1ccc2c(c1)OCCO2. The summed E-state index contributed by atoms with van der Waals surface area (Å²) >= 11 is 0. The Morgan fingerprint density at radius 1 is 1.04 bits per heavy atom. The first-order chi connectivity index (χ1) is 11.1. The van der Waals surface area contributed by atoms with Crippen LogP contribution < -0.4 is 14.8 Å². The average Bonchev–Trinajstić information content (AvgIpc) is 3.15. The second kappa shape index (κ2) is 5.42. The first kappa shape index (κ1) is 14.3. The van der Waals surface area contributed by atoms with E-state index in [0.29, 0.717) is 36.8 Å². The number of anilines is 1. The van der Waals surface area contributed by atoms with Gasteiger partial charge >= 0.3 is 5.97 Å².